The number of anilines is 1. The van der Waals surface area contributed by atoms with Gasteiger partial charge in [-0.3, -0.25) is 4.79 Å². The molecule has 0 bridgehead atoms. The van der Waals surface area contributed by atoms with Gasteiger partial charge in [-0.15, -0.1) is 11.8 Å². The van der Waals surface area contributed by atoms with Crippen molar-refractivity contribution in [1.29, 1.82) is 0 Å². The largest absolute Gasteiger partial charge is 0.329 e. The van der Waals surface area contributed by atoms with E-state index in [9.17, 15) is 4.79 Å². The van der Waals surface area contributed by atoms with Crippen LogP contribution < -0.4 is 11.1 Å². The minimum atomic E-state index is -0.0654. The number of rotatable bonds is 5. The summed E-state index contributed by atoms with van der Waals surface area (Å²) < 4.78 is 1.06. The normalized spacial score (nSPS) is 12.0. The third kappa shape index (κ3) is 4.88. The van der Waals surface area contributed by atoms with Crippen molar-refractivity contribution in [2.45, 2.75) is 17.1 Å². The molecule has 2 rings (SSSR count). The third-order valence-corrected chi connectivity index (χ3v) is 4.67. The number of amides is 1. The summed E-state index contributed by atoms with van der Waals surface area (Å²) >= 11 is 5.21. The Morgan fingerprint density at radius 2 is 2.00 bits per heavy atom. The number of nitrogens with two attached hydrogens (primary N) is 1. The van der Waals surface area contributed by atoms with E-state index >= 15 is 0 Å². The Morgan fingerprint density at radius 3 is 2.57 bits per heavy atom. The summed E-state index contributed by atoms with van der Waals surface area (Å²) in [4.78, 5) is 12.1. The second-order valence-electron chi connectivity index (χ2n) is 4.60. The van der Waals surface area contributed by atoms with Crippen molar-refractivity contribution in [3.05, 3.63) is 58.6 Å². The van der Waals surface area contributed by atoms with Crippen LogP contribution in [0.25, 0.3) is 0 Å². The predicted molar refractivity (Wildman–Crippen MR) is 92.5 cm³/mol. The van der Waals surface area contributed by atoms with Gasteiger partial charge in [0.05, 0.1) is 0 Å². The molecule has 0 heterocycles. The Balaban J connectivity index is 2.10. The lowest BCUT2D eigenvalue weighted by molar-refractivity contribution is -0.114. The van der Waals surface area contributed by atoms with Gasteiger partial charge in [-0.2, -0.15) is 0 Å². The number of thioether (sulfide) groups is 1. The standard InChI is InChI=1S/C16H17BrN2OS/c1-11(20)19-14-5-7-15(8-6-14)21-16(10-18)12-3-2-4-13(17)9-12/h2-9,16H,10,18H2,1H3,(H,19,20). The number of carbonyl (C=O) groups is 1. The van der Waals surface area contributed by atoms with Gasteiger partial charge in [0, 0.05) is 33.8 Å². The van der Waals surface area contributed by atoms with Gasteiger partial charge < -0.3 is 11.1 Å². The van der Waals surface area contributed by atoms with Crippen molar-refractivity contribution in [2.24, 2.45) is 5.73 Å². The first-order chi connectivity index (χ1) is 10.1. The summed E-state index contributed by atoms with van der Waals surface area (Å²) in [5.41, 5.74) is 7.91. The number of hydrogen-bond acceptors (Lipinski definition) is 3. The molecule has 2 aromatic rings. The summed E-state index contributed by atoms with van der Waals surface area (Å²) in [5.74, 6) is -0.0654. The van der Waals surface area contributed by atoms with E-state index in [-0.39, 0.29) is 11.2 Å². The molecule has 0 aliphatic carbocycles. The topological polar surface area (TPSA) is 55.1 Å². The lowest BCUT2D eigenvalue weighted by Gasteiger charge is -2.15. The Kier molecular flexibility index (Phi) is 5.85. The minimum absolute atomic E-state index is 0.0654. The Labute approximate surface area is 137 Å². The van der Waals surface area contributed by atoms with Gasteiger partial charge in [-0.05, 0) is 42.0 Å². The van der Waals surface area contributed by atoms with Crippen LogP contribution in [0.15, 0.2) is 57.9 Å². The zero-order valence-corrected chi connectivity index (χ0v) is 14.1. The van der Waals surface area contributed by atoms with Gasteiger partial charge in [0.1, 0.15) is 0 Å². The van der Waals surface area contributed by atoms with Crippen LogP contribution in [-0.4, -0.2) is 12.5 Å². The molecule has 0 radical (unpaired) electrons. The van der Waals surface area contributed by atoms with Crippen LogP contribution in [0, 0.1) is 0 Å². The fraction of sp³-hybridized carbons (Fsp3) is 0.188. The van der Waals surface area contributed by atoms with Crippen molar-refractivity contribution < 1.29 is 4.79 Å². The lowest BCUT2D eigenvalue weighted by atomic mass is 10.1. The van der Waals surface area contributed by atoms with Crippen LogP contribution in [-0.2, 0) is 4.79 Å². The molecular weight excluding hydrogens is 348 g/mol. The molecule has 1 atom stereocenters. The van der Waals surface area contributed by atoms with Crippen LogP contribution in [0.2, 0.25) is 0 Å². The molecule has 21 heavy (non-hydrogen) atoms. The minimum Gasteiger partial charge on any atom is -0.329 e. The van der Waals surface area contributed by atoms with E-state index in [0.29, 0.717) is 6.54 Å². The molecule has 0 saturated heterocycles. The van der Waals surface area contributed by atoms with Crippen molar-refractivity contribution in [1.82, 2.24) is 0 Å². The van der Waals surface area contributed by atoms with E-state index in [4.69, 9.17) is 5.73 Å². The highest BCUT2D eigenvalue weighted by Gasteiger charge is 2.11. The van der Waals surface area contributed by atoms with E-state index in [1.807, 2.05) is 36.4 Å². The van der Waals surface area contributed by atoms with Crippen LogP contribution in [0.4, 0.5) is 5.69 Å². The Morgan fingerprint density at radius 1 is 1.29 bits per heavy atom. The second-order valence-corrected chi connectivity index (χ2v) is 6.79. The predicted octanol–water partition coefficient (Wildman–Crippen LogP) is 4.20. The average molecular weight is 365 g/mol. The highest BCUT2D eigenvalue weighted by molar-refractivity contribution is 9.10. The molecule has 3 N–H and O–H groups in total. The maximum absolute atomic E-state index is 11.0. The zero-order chi connectivity index (χ0) is 15.2. The summed E-state index contributed by atoms with van der Waals surface area (Å²) in [6.45, 7) is 2.06. The van der Waals surface area contributed by atoms with Crippen LogP contribution in [0.1, 0.15) is 17.7 Å². The SMILES string of the molecule is CC(=O)Nc1ccc(SC(CN)c2cccc(Br)c2)cc1. The van der Waals surface area contributed by atoms with E-state index < -0.39 is 0 Å². The molecule has 5 heteroatoms. The zero-order valence-electron chi connectivity index (χ0n) is 11.7. The van der Waals surface area contributed by atoms with Gasteiger partial charge in [0.2, 0.25) is 5.91 Å². The molecule has 0 aliphatic rings. The quantitative estimate of drug-likeness (QED) is 0.781. The smallest absolute Gasteiger partial charge is 0.221 e. The van der Waals surface area contributed by atoms with Crippen LogP contribution in [0.3, 0.4) is 0 Å². The summed E-state index contributed by atoms with van der Waals surface area (Å²) in [5, 5.41) is 2.96. The third-order valence-electron chi connectivity index (χ3n) is 2.89. The number of hydrogen-bond donors (Lipinski definition) is 2. The van der Waals surface area contributed by atoms with Gasteiger partial charge in [0.15, 0.2) is 0 Å². The summed E-state index contributed by atoms with van der Waals surface area (Å²) in [7, 11) is 0. The molecule has 0 saturated carbocycles. The Bertz CT molecular complexity index is 616. The molecule has 3 nitrogen and oxygen atoms in total. The van der Waals surface area contributed by atoms with Crippen molar-refractivity contribution in [3.8, 4) is 0 Å². The first kappa shape index (κ1) is 16.1. The second kappa shape index (κ2) is 7.64. The maximum Gasteiger partial charge on any atom is 0.221 e. The number of benzene rings is 2. The highest BCUT2D eigenvalue weighted by Crippen LogP contribution is 2.35. The molecule has 110 valence electrons. The first-order valence-electron chi connectivity index (χ1n) is 6.58. The van der Waals surface area contributed by atoms with Gasteiger partial charge in [-0.25, -0.2) is 0 Å². The fourth-order valence-electron chi connectivity index (χ4n) is 1.94. The fourth-order valence-corrected chi connectivity index (χ4v) is 3.36. The number of carbonyl (C=O) groups excluding carboxylic acids is 1. The molecular formula is C16H17BrN2OS. The molecule has 1 unspecified atom stereocenters. The van der Waals surface area contributed by atoms with E-state index in [0.717, 1.165) is 15.1 Å². The first-order valence-corrected chi connectivity index (χ1v) is 8.25. The maximum atomic E-state index is 11.0. The van der Waals surface area contributed by atoms with Crippen LogP contribution in [0.5, 0.6) is 0 Å². The molecule has 0 fully saturated rings. The van der Waals surface area contributed by atoms with Gasteiger partial charge in [-0.1, -0.05) is 28.1 Å². The lowest BCUT2D eigenvalue weighted by Crippen LogP contribution is -2.09. The average Bonchev–Trinajstić information content (AvgIpc) is 2.46. The Hall–Kier alpha value is -1.30. The summed E-state index contributed by atoms with van der Waals surface area (Å²) in [6, 6.07) is 16.0. The highest BCUT2D eigenvalue weighted by atomic mass is 79.9. The van der Waals surface area contributed by atoms with Gasteiger partial charge in [0.25, 0.3) is 0 Å². The summed E-state index contributed by atoms with van der Waals surface area (Å²) in [6.07, 6.45) is 0. The molecule has 0 spiro atoms. The van der Waals surface area contributed by atoms with Gasteiger partial charge >= 0.3 is 0 Å². The van der Waals surface area contributed by atoms with E-state index in [2.05, 4.69) is 33.4 Å². The van der Waals surface area contributed by atoms with Crippen molar-refractivity contribution >= 4 is 39.3 Å². The monoisotopic (exact) mass is 364 g/mol. The molecule has 1 amide bonds. The van der Waals surface area contributed by atoms with Crippen molar-refractivity contribution in [3.63, 3.8) is 0 Å². The molecule has 0 aliphatic heterocycles. The number of nitrogens with one attached hydrogen (secondary N) is 1. The van der Waals surface area contributed by atoms with Crippen LogP contribution >= 0.6 is 27.7 Å². The molecule has 0 aromatic heterocycles. The number of halogens is 1. The van der Waals surface area contributed by atoms with E-state index in [1.54, 1.807) is 11.8 Å². The van der Waals surface area contributed by atoms with E-state index in [1.165, 1.54) is 12.5 Å². The van der Waals surface area contributed by atoms with Crippen molar-refractivity contribution in [2.75, 3.05) is 11.9 Å². The molecule has 2 aromatic carbocycles.